The van der Waals surface area contributed by atoms with Crippen LogP contribution in [0.4, 0.5) is 11.5 Å². The highest BCUT2D eigenvalue weighted by Crippen LogP contribution is 2.33. The van der Waals surface area contributed by atoms with Crippen LogP contribution in [-0.2, 0) is 16.0 Å². The summed E-state index contributed by atoms with van der Waals surface area (Å²) in [6, 6.07) is 10.6. The second kappa shape index (κ2) is 12.2. The SMILES string of the molecule is CCc1cc(NC(=O)C(=O)N2CCCC(C)C2)cnc1N.CN1CCC(n2cc3ccccc3n2)CC1(C)C. The van der Waals surface area contributed by atoms with Gasteiger partial charge in [-0.1, -0.05) is 32.0 Å². The molecule has 0 spiro atoms. The van der Waals surface area contributed by atoms with Crippen molar-refractivity contribution in [1.82, 2.24) is 24.6 Å². The van der Waals surface area contributed by atoms with Gasteiger partial charge in [-0.3, -0.25) is 14.3 Å². The Hall–Kier alpha value is -3.46. The van der Waals surface area contributed by atoms with E-state index >= 15 is 0 Å². The van der Waals surface area contributed by atoms with Gasteiger partial charge in [0.25, 0.3) is 0 Å². The number of benzene rings is 1. The molecule has 2 amide bonds. The van der Waals surface area contributed by atoms with Gasteiger partial charge >= 0.3 is 11.8 Å². The maximum atomic E-state index is 12.1. The number of rotatable bonds is 3. The van der Waals surface area contributed by atoms with E-state index in [-0.39, 0.29) is 5.54 Å². The number of amides is 2. The first-order valence-corrected chi connectivity index (χ1v) is 14.1. The Morgan fingerprint density at radius 1 is 1.18 bits per heavy atom. The van der Waals surface area contributed by atoms with Crippen molar-refractivity contribution in [1.29, 1.82) is 0 Å². The van der Waals surface area contributed by atoms with Crippen LogP contribution in [-0.4, -0.2) is 68.6 Å². The largest absolute Gasteiger partial charge is 0.383 e. The lowest BCUT2D eigenvalue weighted by atomic mass is 9.87. The van der Waals surface area contributed by atoms with Gasteiger partial charge in [-0.2, -0.15) is 5.10 Å². The smallest absolute Gasteiger partial charge is 0.313 e. The Morgan fingerprint density at radius 2 is 1.95 bits per heavy atom. The molecule has 3 N–H and O–H groups in total. The third kappa shape index (κ3) is 6.95. The zero-order valence-electron chi connectivity index (χ0n) is 24.0. The third-order valence-electron chi connectivity index (χ3n) is 8.15. The molecular formula is C30H43N7O2. The van der Waals surface area contributed by atoms with Crippen LogP contribution in [0, 0.1) is 5.92 Å². The number of fused-ring (bicyclic) bond motifs is 1. The Morgan fingerprint density at radius 3 is 2.64 bits per heavy atom. The normalized spacial score (nSPS) is 21.2. The van der Waals surface area contributed by atoms with Crippen LogP contribution in [0.3, 0.4) is 0 Å². The highest BCUT2D eigenvalue weighted by atomic mass is 16.2. The van der Waals surface area contributed by atoms with Crippen LogP contribution in [0.1, 0.15) is 65.0 Å². The van der Waals surface area contributed by atoms with Gasteiger partial charge < -0.3 is 20.9 Å². The van der Waals surface area contributed by atoms with Gasteiger partial charge in [0, 0.05) is 36.8 Å². The number of aryl methyl sites for hydroxylation is 1. The van der Waals surface area contributed by atoms with Crippen molar-refractivity contribution in [3.8, 4) is 0 Å². The molecule has 2 unspecified atom stereocenters. The molecule has 0 bridgehead atoms. The number of nitrogens with one attached hydrogen (secondary N) is 1. The van der Waals surface area contributed by atoms with E-state index in [1.807, 2.05) is 6.92 Å². The number of nitrogens with zero attached hydrogens (tertiary/aromatic N) is 5. The molecule has 0 aliphatic carbocycles. The Labute approximate surface area is 231 Å². The summed E-state index contributed by atoms with van der Waals surface area (Å²) < 4.78 is 2.18. The molecule has 2 aromatic heterocycles. The van der Waals surface area contributed by atoms with Crippen LogP contribution in [0.2, 0.25) is 0 Å². The molecule has 2 aliphatic rings. The third-order valence-corrected chi connectivity index (χ3v) is 8.15. The van der Waals surface area contributed by atoms with Crippen molar-refractivity contribution in [3.63, 3.8) is 0 Å². The van der Waals surface area contributed by atoms with Crippen molar-refractivity contribution in [3.05, 3.63) is 48.3 Å². The molecule has 9 heteroatoms. The highest BCUT2D eigenvalue weighted by Gasteiger charge is 2.33. The van der Waals surface area contributed by atoms with E-state index in [2.05, 4.69) is 78.2 Å². The number of carbonyl (C=O) groups is 2. The number of nitrogens with two attached hydrogens (primary N) is 1. The second-order valence-electron chi connectivity index (χ2n) is 11.6. The molecule has 3 aromatic rings. The van der Waals surface area contributed by atoms with E-state index in [1.54, 1.807) is 11.0 Å². The second-order valence-corrected chi connectivity index (χ2v) is 11.6. The number of likely N-dealkylation sites (tertiary alicyclic amines) is 2. The summed E-state index contributed by atoms with van der Waals surface area (Å²) >= 11 is 0. The topological polar surface area (TPSA) is 109 Å². The van der Waals surface area contributed by atoms with E-state index < -0.39 is 11.8 Å². The predicted molar refractivity (Wildman–Crippen MR) is 156 cm³/mol. The quantitative estimate of drug-likeness (QED) is 0.480. The monoisotopic (exact) mass is 533 g/mol. The highest BCUT2D eigenvalue weighted by molar-refractivity contribution is 6.39. The number of nitrogen functional groups attached to an aromatic ring is 1. The van der Waals surface area contributed by atoms with Crippen molar-refractivity contribution < 1.29 is 9.59 Å². The van der Waals surface area contributed by atoms with Gasteiger partial charge in [0.05, 0.1) is 23.4 Å². The fourth-order valence-corrected chi connectivity index (χ4v) is 5.45. The predicted octanol–water partition coefficient (Wildman–Crippen LogP) is 4.50. The van der Waals surface area contributed by atoms with E-state index in [0.29, 0.717) is 36.6 Å². The molecule has 9 nitrogen and oxygen atoms in total. The minimum atomic E-state index is -0.613. The molecule has 210 valence electrons. The summed E-state index contributed by atoms with van der Waals surface area (Å²) in [4.78, 5) is 32.3. The van der Waals surface area contributed by atoms with Gasteiger partial charge in [0.2, 0.25) is 0 Å². The first kappa shape index (κ1) is 28.5. The molecule has 0 saturated carbocycles. The summed E-state index contributed by atoms with van der Waals surface area (Å²) in [5.74, 6) is -0.193. The van der Waals surface area contributed by atoms with E-state index in [4.69, 9.17) is 10.8 Å². The summed E-state index contributed by atoms with van der Waals surface area (Å²) in [6.07, 6.45) is 8.79. The van der Waals surface area contributed by atoms with Crippen molar-refractivity contribution in [2.24, 2.45) is 5.92 Å². The number of anilines is 2. The average molecular weight is 534 g/mol. The summed E-state index contributed by atoms with van der Waals surface area (Å²) in [6.45, 7) is 11.1. The fraction of sp³-hybridized carbons (Fsp3) is 0.533. The van der Waals surface area contributed by atoms with Gasteiger partial charge in [0.15, 0.2) is 0 Å². The Bertz CT molecular complexity index is 1270. The standard InChI is InChI=1S/C15H22N4O2.C15H21N3/c1-3-11-7-12(8-17-13(11)16)18-14(20)15(21)19-6-4-5-10(2)9-19;1-15(2)10-13(8-9-17(15)3)18-11-12-6-4-5-7-14(12)16-18/h7-8,10H,3-6,9H2,1-2H3,(H2,16,17)(H,18,20);4-7,11,13H,8-10H2,1-3H3. The maximum Gasteiger partial charge on any atom is 0.313 e. The lowest BCUT2D eigenvalue weighted by Crippen LogP contribution is -2.47. The first-order valence-electron chi connectivity index (χ1n) is 14.1. The molecule has 5 rings (SSSR count). The Balaban J connectivity index is 0.000000183. The molecule has 0 radical (unpaired) electrons. The first-order chi connectivity index (χ1) is 18.6. The van der Waals surface area contributed by atoms with Gasteiger partial charge in [-0.15, -0.1) is 0 Å². The molecule has 39 heavy (non-hydrogen) atoms. The maximum absolute atomic E-state index is 12.1. The minimum Gasteiger partial charge on any atom is -0.383 e. The van der Waals surface area contributed by atoms with Crippen LogP contribution in [0.15, 0.2) is 42.7 Å². The van der Waals surface area contributed by atoms with Crippen LogP contribution in [0.25, 0.3) is 10.9 Å². The fourth-order valence-electron chi connectivity index (χ4n) is 5.45. The average Bonchev–Trinajstić information content (AvgIpc) is 3.35. The molecule has 2 aliphatic heterocycles. The van der Waals surface area contributed by atoms with Crippen LogP contribution < -0.4 is 11.1 Å². The van der Waals surface area contributed by atoms with E-state index in [1.165, 1.54) is 18.0 Å². The van der Waals surface area contributed by atoms with Gasteiger partial charge in [0.1, 0.15) is 5.82 Å². The molecule has 2 atom stereocenters. The van der Waals surface area contributed by atoms with Gasteiger partial charge in [-0.05, 0) is 76.6 Å². The van der Waals surface area contributed by atoms with Crippen LogP contribution in [0.5, 0.6) is 0 Å². The molecular weight excluding hydrogens is 490 g/mol. The lowest BCUT2D eigenvalue weighted by Gasteiger charge is -2.43. The van der Waals surface area contributed by atoms with Crippen molar-refractivity contribution in [2.45, 2.75) is 71.4 Å². The van der Waals surface area contributed by atoms with E-state index in [9.17, 15) is 9.59 Å². The molecule has 2 saturated heterocycles. The number of aromatic nitrogens is 3. The Kier molecular flexibility index (Phi) is 8.90. The van der Waals surface area contributed by atoms with Crippen molar-refractivity contribution >= 4 is 34.2 Å². The summed E-state index contributed by atoms with van der Waals surface area (Å²) in [7, 11) is 2.22. The number of pyridine rings is 1. The number of piperidine rings is 2. The van der Waals surface area contributed by atoms with Gasteiger partial charge in [-0.25, -0.2) is 4.98 Å². The molecule has 2 fully saturated rings. The lowest BCUT2D eigenvalue weighted by molar-refractivity contribution is -0.144. The molecule has 4 heterocycles. The van der Waals surface area contributed by atoms with E-state index in [0.717, 1.165) is 43.3 Å². The zero-order chi connectivity index (χ0) is 28.2. The summed E-state index contributed by atoms with van der Waals surface area (Å²) in [5.41, 5.74) is 8.45. The number of hydrogen-bond acceptors (Lipinski definition) is 6. The molecule has 1 aromatic carbocycles. The summed E-state index contributed by atoms with van der Waals surface area (Å²) in [5, 5.41) is 8.58. The van der Waals surface area contributed by atoms with Crippen molar-refractivity contribution in [2.75, 3.05) is 37.7 Å². The number of hydrogen-bond donors (Lipinski definition) is 2. The zero-order valence-corrected chi connectivity index (χ0v) is 24.0. The minimum absolute atomic E-state index is 0.265. The van der Waals surface area contributed by atoms with Crippen LogP contribution >= 0.6 is 0 Å². The number of carbonyl (C=O) groups excluding carboxylic acids is 2.